The molecule has 4 heterocycles. The largest absolute Gasteiger partial charge is 0.490 e. The summed E-state index contributed by atoms with van der Waals surface area (Å²) in [5.41, 5.74) is 3.19. The number of hydrogen-bond acceptors (Lipinski definition) is 11. The van der Waals surface area contributed by atoms with Crippen LogP contribution in [0.4, 0.5) is 5.69 Å². The van der Waals surface area contributed by atoms with E-state index in [1.165, 1.54) is 4.68 Å². The standard InChI is InChI=1S/C38H34N8O6/c1-38(2,23-5-10-27(11-6-23)52-33-15-16-39-37(43-33)45-18-17-40-44-45)22-3-8-26(9-4-22)51-28-19-25(20-28)41-24-7-12-29-30(21-24)36(50)46(35(29)49)31-13-14-32(47)42-34(31)48/h3-12,15-18,21,25,28,31,41H,13-14,19-20H2,1-2H3,(H,42,47,48)/t25-,28-,31?. The van der Waals surface area contributed by atoms with Crippen molar-refractivity contribution in [3.63, 3.8) is 0 Å². The quantitative estimate of drug-likeness (QED) is 0.196. The number of imide groups is 2. The summed E-state index contributed by atoms with van der Waals surface area (Å²) < 4.78 is 13.7. The van der Waals surface area contributed by atoms with E-state index in [4.69, 9.17) is 9.47 Å². The Balaban J connectivity index is 0.840. The van der Waals surface area contributed by atoms with Gasteiger partial charge in [0.25, 0.3) is 17.8 Å². The molecule has 0 radical (unpaired) electrons. The van der Waals surface area contributed by atoms with Crippen LogP contribution in [0.5, 0.6) is 17.4 Å². The van der Waals surface area contributed by atoms with Gasteiger partial charge >= 0.3 is 0 Å². The van der Waals surface area contributed by atoms with Gasteiger partial charge in [-0.25, -0.2) is 4.98 Å². The molecule has 0 bridgehead atoms. The van der Waals surface area contributed by atoms with Crippen LogP contribution in [0.2, 0.25) is 0 Å². The van der Waals surface area contributed by atoms with Gasteiger partial charge in [-0.3, -0.25) is 29.4 Å². The Labute approximate surface area is 298 Å². The van der Waals surface area contributed by atoms with Crippen LogP contribution in [0.3, 0.4) is 0 Å². The third-order valence-corrected chi connectivity index (χ3v) is 9.83. The summed E-state index contributed by atoms with van der Waals surface area (Å²) in [5, 5.41) is 13.4. The van der Waals surface area contributed by atoms with Gasteiger partial charge in [0.15, 0.2) is 0 Å². The van der Waals surface area contributed by atoms with Crippen LogP contribution in [0, 0.1) is 0 Å². The number of ether oxygens (including phenoxy) is 2. The number of benzene rings is 3. The molecule has 14 nitrogen and oxygen atoms in total. The number of carbonyl (C=O) groups excluding carboxylic acids is 4. The highest BCUT2D eigenvalue weighted by Gasteiger charge is 2.45. The first-order chi connectivity index (χ1) is 25.1. The van der Waals surface area contributed by atoms with E-state index < -0.39 is 29.7 Å². The van der Waals surface area contributed by atoms with Crippen molar-refractivity contribution in [1.29, 1.82) is 0 Å². The average Bonchev–Trinajstić information content (AvgIpc) is 3.75. The topological polar surface area (TPSA) is 171 Å². The highest BCUT2D eigenvalue weighted by molar-refractivity contribution is 6.23. The summed E-state index contributed by atoms with van der Waals surface area (Å²) in [6.07, 6.45) is 6.59. The van der Waals surface area contributed by atoms with Gasteiger partial charge in [-0.2, -0.15) is 9.67 Å². The molecule has 14 heteroatoms. The zero-order chi connectivity index (χ0) is 36.0. The van der Waals surface area contributed by atoms with Crippen LogP contribution in [-0.4, -0.2) is 71.7 Å². The van der Waals surface area contributed by atoms with Crippen LogP contribution in [0.25, 0.3) is 5.95 Å². The Morgan fingerprint density at radius 2 is 1.56 bits per heavy atom. The second-order valence-corrected chi connectivity index (χ2v) is 13.6. The molecule has 262 valence electrons. The first-order valence-electron chi connectivity index (χ1n) is 17.0. The fourth-order valence-corrected chi connectivity index (χ4v) is 6.76. The van der Waals surface area contributed by atoms with Crippen molar-refractivity contribution in [1.82, 2.24) is 35.2 Å². The highest BCUT2D eigenvalue weighted by atomic mass is 16.5. The molecule has 3 aliphatic rings. The van der Waals surface area contributed by atoms with E-state index in [9.17, 15) is 19.2 Å². The van der Waals surface area contributed by atoms with E-state index in [1.807, 2.05) is 36.4 Å². The number of aromatic nitrogens is 5. The van der Waals surface area contributed by atoms with Crippen molar-refractivity contribution in [3.05, 3.63) is 114 Å². The molecule has 1 unspecified atom stereocenters. The number of carbonyl (C=O) groups is 4. The zero-order valence-electron chi connectivity index (χ0n) is 28.4. The van der Waals surface area contributed by atoms with E-state index in [2.05, 4.69) is 56.9 Å². The van der Waals surface area contributed by atoms with Gasteiger partial charge in [0.05, 0.1) is 23.5 Å². The van der Waals surface area contributed by atoms with Crippen LogP contribution in [-0.2, 0) is 15.0 Å². The number of amides is 4. The van der Waals surface area contributed by atoms with E-state index in [0.29, 0.717) is 23.3 Å². The molecule has 4 amide bonds. The first-order valence-corrected chi connectivity index (χ1v) is 17.0. The smallest absolute Gasteiger partial charge is 0.262 e. The Morgan fingerprint density at radius 1 is 0.846 bits per heavy atom. The van der Waals surface area contributed by atoms with E-state index in [1.54, 1.807) is 42.9 Å². The van der Waals surface area contributed by atoms with Crippen molar-refractivity contribution in [2.24, 2.45) is 0 Å². The summed E-state index contributed by atoms with van der Waals surface area (Å²) in [6, 6.07) is 22.0. The third kappa shape index (κ3) is 6.23. The Morgan fingerprint density at radius 3 is 2.25 bits per heavy atom. The molecule has 8 rings (SSSR count). The lowest BCUT2D eigenvalue weighted by Crippen LogP contribution is -2.54. The molecule has 3 aromatic carbocycles. The number of piperidine rings is 1. The SMILES string of the molecule is CC(C)(c1ccc(Oc2ccnc(-n3ccnn3)n2)cc1)c1ccc(O[C@H]2C[C@H](Nc3ccc4c(c3)C(=O)N(C3CCC(=O)NC3=O)C4=O)C2)cc1. The van der Waals surface area contributed by atoms with Gasteiger partial charge in [-0.1, -0.05) is 43.3 Å². The molecule has 1 atom stereocenters. The van der Waals surface area contributed by atoms with Crippen molar-refractivity contribution >= 4 is 29.3 Å². The molecule has 52 heavy (non-hydrogen) atoms. The van der Waals surface area contributed by atoms with Gasteiger partial charge < -0.3 is 14.8 Å². The van der Waals surface area contributed by atoms with Gasteiger partial charge in [-0.05, 0) is 60.0 Å². The fourth-order valence-electron chi connectivity index (χ4n) is 6.76. The molecule has 2 fully saturated rings. The van der Waals surface area contributed by atoms with E-state index in [0.717, 1.165) is 34.6 Å². The Hall–Kier alpha value is -6.44. The van der Waals surface area contributed by atoms with Crippen molar-refractivity contribution < 1.29 is 28.7 Å². The number of nitrogens with zero attached hydrogens (tertiary/aromatic N) is 6. The molecule has 0 spiro atoms. The molecular formula is C38H34N8O6. The summed E-state index contributed by atoms with van der Waals surface area (Å²) in [4.78, 5) is 59.7. The average molecular weight is 699 g/mol. The second-order valence-electron chi connectivity index (χ2n) is 13.6. The maximum absolute atomic E-state index is 13.2. The van der Waals surface area contributed by atoms with Crippen LogP contribution in [0.1, 0.15) is 71.4 Å². The number of hydrogen-bond donors (Lipinski definition) is 2. The molecular weight excluding hydrogens is 664 g/mol. The fraction of sp³-hybridized carbons (Fsp3) is 0.263. The minimum atomic E-state index is -0.989. The van der Waals surface area contributed by atoms with Crippen LogP contribution >= 0.6 is 0 Å². The minimum Gasteiger partial charge on any atom is -0.490 e. The monoisotopic (exact) mass is 698 g/mol. The normalized spacial score (nSPS) is 19.9. The number of rotatable bonds is 10. The second kappa shape index (κ2) is 13.0. The Bertz CT molecular complexity index is 2180. The summed E-state index contributed by atoms with van der Waals surface area (Å²) in [5.74, 6) is 0.128. The summed E-state index contributed by atoms with van der Waals surface area (Å²) >= 11 is 0. The molecule has 1 saturated carbocycles. The molecule has 2 N–H and O–H groups in total. The van der Waals surface area contributed by atoms with Crippen LogP contribution in [0.15, 0.2) is 91.4 Å². The van der Waals surface area contributed by atoms with E-state index >= 15 is 0 Å². The molecule has 2 aliphatic heterocycles. The van der Waals surface area contributed by atoms with Gasteiger partial charge in [0.2, 0.25) is 17.7 Å². The lowest BCUT2D eigenvalue weighted by Gasteiger charge is -2.36. The minimum absolute atomic E-state index is 0.0340. The van der Waals surface area contributed by atoms with Gasteiger partial charge in [-0.15, -0.1) is 5.10 Å². The predicted octanol–water partition coefficient (Wildman–Crippen LogP) is 4.60. The maximum atomic E-state index is 13.2. The van der Waals surface area contributed by atoms with Crippen molar-refractivity contribution in [3.8, 4) is 23.3 Å². The van der Waals surface area contributed by atoms with E-state index in [-0.39, 0.29) is 41.5 Å². The lowest BCUT2D eigenvalue weighted by molar-refractivity contribution is -0.136. The van der Waals surface area contributed by atoms with Gasteiger partial charge in [0.1, 0.15) is 23.6 Å². The molecule has 1 saturated heterocycles. The summed E-state index contributed by atoms with van der Waals surface area (Å²) in [7, 11) is 0. The zero-order valence-corrected chi connectivity index (χ0v) is 28.4. The molecule has 1 aliphatic carbocycles. The predicted molar refractivity (Wildman–Crippen MR) is 186 cm³/mol. The molecule has 2 aromatic heterocycles. The number of fused-ring (bicyclic) bond motifs is 1. The number of nitrogens with one attached hydrogen (secondary N) is 2. The summed E-state index contributed by atoms with van der Waals surface area (Å²) in [6.45, 7) is 4.34. The van der Waals surface area contributed by atoms with Crippen LogP contribution < -0.4 is 20.1 Å². The van der Waals surface area contributed by atoms with Crippen molar-refractivity contribution in [2.45, 2.75) is 63.1 Å². The van der Waals surface area contributed by atoms with Gasteiger partial charge in [0, 0.05) is 48.7 Å². The number of anilines is 1. The Kier molecular flexibility index (Phi) is 8.20. The highest BCUT2D eigenvalue weighted by Crippen LogP contribution is 2.36. The maximum Gasteiger partial charge on any atom is 0.262 e. The molecule has 5 aromatic rings. The lowest BCUT2D eigenvalue weighted by atomic mass is 9.78. The first kappa shape index (κ1) is 32.7. The third-order valence-electron chi connectivity index (χ3n) is 9.83. The van der Waals surface area contributed by atoms with Crippen molar-refractivity contribution in [2.75, 3.05) is 5.32 Å².